The zero-order chi connectivity index (χ0) is 28.2. The number of carbonyl (C=O) groups excluding carboxylic acids is 3. The second-order valence-electron chi connectivity index (χ2n) is 11.6. The summed E-state index contributed by atoms with van der Waals surface area (Å²) in [7, 11) is 0. The van der Waals surface area contributed by atoms with Gasteiger partial charge >= 0.3 is 0 Å². The zero-order valence-corrected chi connectivity index (χ0v) is 22.6. The van der Waals surface area contributed by atoms with Crippen molar-refractivity contribution in [1.82, 2.24) is 15.2 Å². The Labute approximate surface area is 235 Å². The molecule has 40 heavy (non-hydrogen) atoms. The highest BCUT2D eigenvalue weighted by atomic mass is 35.5. The molecule has 2 aromatic rings. The van der Waals surface area contributed by atoms with Crippen LogP contribution in [0.4, 0.5) is 18.9 Å². The lowest BCUT2D eigenvalue weighted by molar-refractivity contribution is -0.144. The molecule has 3 heterocycles. The molecule has 7 nitrogen and oxygen atoms in total. The standard InChI is InChI=1S/C29H30ClF3N4O3/c30-18-10-21(25(26(32)33)34-12-18)27(39)35-20-6-3-17(4-7-20)13-37-23-11-19(31)5-8-22(23)29(28(37)40)14-36(15-29)24(38)9-16-1-2-16/h5,8,10-12,16-17,20,26H,1-4,6-7,9,13-15H2,(H,35,39). The SMILES string of the molecule is O=C(NC1CCC(CN2C(=O)C3(CN(C(=O)CC4CC4)C3)c3ccc(F)cc32)CC1)c1cc(Cl)cnc1C(F)F. The van der Waals surface area contributed by atoms with E-state index in [9.17, 15) is 27.6 Å². The Kier molecular flexibility index (Phi) is 7.01. The highest BCUT2D eigenvalue weighted by molar-refractivity contribution is 6.30. The maximum atomic E-state index is 14.3. The average Bonchev–Trinajstić information content (AvgIpc) is 3.68. The second-order valence-corrected chi connectivity index (χ2v) is 12.1. The Morgan fingerprint density at radius 3 is 2.45 bits per heavy atom. The minimum Gasteiger partial charge on any atom is -0.349 e. The summed E-state index contributed by atoms with van der Waals surface area (Å²) >= 11 is 5.88. The van der Waals surface area contributed by atoms with Crippen molar-refractivity contribution in [3.8, 4) is 0 Å². The number of rotatable bonds is 7. The fraction of sp³-hybridized carbons (Fsp3) is 0.517. The Morgan fingerprint density at radius 1 is 1.07 bits per heavy atom. The van der Waals surface area contributed by atoms with Crippen molar-refractivity contribution in [3.63, 3.8) is 0 Å². The lowest BCUT2D eigenvalue weighted by Gasteiger charge is -2.47. The van der Waals surface area contributed by atoms with Gasteiger partial charge in [0.25, 0.3) is 12.3 Å². The van der Waals surface area contributed by atoms with E-state index >= 15 is 0 Å². The van der Waals surface area contributed by atoms with E-state index in [4.69, 9.17) is 11.6 Å². The third kappa shape index (κ3) is 4.95. The van der Waals surface area contributed by atoms with E-state index in [1.807, 2.05) is 0 Å². The summed E-state index contributed by atoms with van der Waals surface area (Å²) in [5.41, 5.74) is -0.308. The number of carbonyl (C=O) groups is 3. The molecular weight excluding hydrogens is 545 g/mol. The molecule has 2 saturated carbocycles. The predicted octanol–water partition coefficient (Wildman–Crippen LogP) is 5.03. The van der Waals surface area contributed by atoms with Crippen molar-refractivity contribution in [2.45, 2.75) is 62.8 Å². The van der Waals surface area contributed by atoms with Crippen molar-refractivity contribution in [1.29, 1.82) is 0 Å². The van der Waals surface area contributed by atoms with Gasteiger partial charge in [0, 0.05) is 38.3 Å². The predicted molar refractivity (Wildman–Crippen MR) is 142 cm³/mol. The summed E-state index contributed by atoms with van der Waals surface area (Å²) in [4.78, 5) is 46.2. The van der Waals surface area contributed by atoms with Gasteiger partial charge in [0.15, 0.2) is 0 Å². The monoisotopic (exact) mass is 574 g/mol. The molecule has 0 atom stereocenters. The number of anilines is 1. The van der Waals surface area contributed by atoms with Crippen LogP contribution in [0.25, 0.3) is 0 Å². The first kappa shape index (κ1) is 27.1. The number of amides is 3. The van der Waals surface area contributed by atoms with Crippen molar-refractivity contribution < 1.29 is 27.6 Å². The van der Waals surface area contributed by atoms with Crippen molar-refractivity contribution in [2.75, 3.05) is 24.5 Å². The number of benzene rings is 1. The fourth-order valence-corrected chi connectivity index (χ4v) is 6.56. The van der Waals surface area contributed by atoms with E-state index in [0.29, 0.717) is 63.3 Å². The highest BCUT2D eigenvalue weighted by Crippen LogP contribution is 2.49. The van der Waals surface area contributed by atoms with Crippen molar-refractivity contribution >= 4 is 35.0 Å². The Balaban J connectivity index is 1.09. The molecule has 212 valence electrons. The smallest absolute Gasteiger partial charge is 0.281 e. The molecule has 0 bridgehead atoms. The van der Waals surface area contributed by atoms with Crippen LogP contribution in [-0.2, 0) is 15.0 Å². The molecule has 0 unspecified atom stereocenters. The topological polar surface area (TPSA) is 82.6 Å². The van der Waals surface area contributed by atoms with Gasteiger partial charge in [-0.1, -0.05) is 17.7 Å². The molecule has 2 aliphatic carbocycles. The van der Waals surface area contributed by atoms with Crippen LogP contribution in [0.5, 0.6) is 0 Å². The van der Waals surface area contributed by atoms with E-state index in [0.717, 1.165) is 24.6 Å². The number of hydrogen-bond acceptors (Lipinski definition) is 4. The summed E-state index contributed by atoms with van der Waals surface area (Å²) in [6.07, 6.45) is 3.51. The van der Waals surface area contributed by atoms with E-state index in [-0.39, 0.29) is 34.4 Å². The Morgan fingerprint density at radius 2 is 1.77 bits per heavy atom. The van der Waals surface area contributed by atoms with Gasteiger partial charge in [0.1, 0.15) is 16.9 Å². The first-order chi connectivity index (χ1) is 19.1. The van der Waals surface area contributed by atoms with Crippen molar-refractivity contribution in [3.05, 3.63) is 58.1 Å². The quantitative estimate of drug-likeness (QED) is 0.503. The molecule has 4 aliphatic rings. The molecule has 6 rings (SSSR count). The van der Waals surface area contributed by atoms with Crippen LogP contribution in [0.15, 0.2) is 30.5 Å². The Bertz CT molecular complexity index is 1350. The number of nitrogens with zero attached hydrogens (tertiary/aromatic N) is 3. The van der Waals surface area contributed by atoms with Gasteiger partial charge in [-0.25, -0.2) is 13.2 Å². The van der Waals surface area contributed by atoms with Gasteiger partial charge in [0.05, 0.1) is 16.3 Å². The molecule has 1 aromatic heterocycles. The van der Waals surface area contributed by atoms with Crippen molar-refractivity contribution in [2.24, 2.45) is 11.8 Å². The third-order valence-electron chi connectivity index (χ3n) is 8.81. The molecule has 1 N–H and O–H groups in total. The van der Waals surface area contributed by atoms with E-state index < -0.39 is 29.3 Å². The molecule has 11 heteroatoms. The number of fused-ring (bicyclic) bond motifs is 2. The lowest BCUT2D eigenvalue weighted by atomic mass is 9.74. The Hall–Kier alpha value is -3.14. The number of aromatic nitrogens is 1. The number of alkyl halides is 2. The second kappa shape index (κ2) is 10.4. The highest BCUT2D eigenvalue weighted by Gasteiger charge is 2.59. The maximum absolute atomic E-state index is 14.3. The van der Waals surface area contributed by atoms with E-state index in [1.54, 1.807) is 15.9 Å². The van der Waals surface area contributed by atoms with Gasteiger partial charge in [-0.05, 0) is 74.1 Å². The molecule has 1 saturated heterocycles. The third-order valence-corrected chi connectivity index (χ3v) is 9.02. The van der Waals surface area contributed by atoms with Crippen LogP contribution in [0, 0.1) is 17.7 Å². The zero-order valence-electron chi connectivity index (χ0n) is 21.8. The van der Waals surface area contributed by atoms with Crippen LogP contribution in [-0.4, -0.2) is 53.3 Å². The van der Waals surface area contributed by atoms with Gasteiger partial charge in [-0.2, -0.15) is 0 Å². The number of pyridine rings is 1. The number of hydrogen-bond donors (Lipinski definition) is 1. The normalized spacial score (nSPS) is 23.4. The first-order valence-corrected chi connectivity index (χ1v) is 14.2. The minimum atomic E-state index is -2.90. The molecule has 2 aliphatic heterocycles. The van der Waals surface area contributed by atoms with E-state index in [2.05, 4.69) is 10.3 Å². The minimum absolute atomic E-state index is 0.0811. The van der Waals surface area contributed by atoms with Gasteiger partial charge in [0.2, 0.25) is 11.8 Å². The van der Waals surface area contributed by atoms with Gasteiger partial charge in [-0.15, -0.1) is 0 Å². The number of likely N-dealkylation sites (tertiary alicyclic amines) is 1. The van der Waals surface area contributed by atoms with Gasteiger partial charge in [-0.3, -0.25) is 19.4 Å². The molecular formula is C29H30ClF3N4O3. The molecule has 3 amide bonds. The summed E-state index contributed by atoms with van der Waals surface area (Å²) in [6.45, 7) is 1.07. The van der Waals surface area contributed by atoms with Crippen LogP contribution < -0.4 is 10.2 Å². The largest absolute Gasteiger partial charge is 0.349 e. The van der Waals surface area contributed by atoms with Crippen LogP contribution in [0.1, 0.15) is 73.0 Å². The summed E-state index contributed by atoms with van der Waals surface area (Å²) in [5, 5.41) is 2.93. The molecule has 1 spiro atoms. The summed E-state index contributed by atoms with van der Waals surface area (Å²) in [5.74, 6) is -0.472. The summed E-state index contributed by atoms with van der Waals surface area (Å²) in [6, 6.07) is 5.44. The molecule has 1 aromatic carbocycles. The van der Waals surface area contributed by atoms with Crippen LogP contribution >= 0.6 is 11.6 Å². The fourth-order valence-electron chi connectivity index (χ4n) is 6.40. The number of halogens is 4. The molecule has 0 radical (unpaired) electrons. The van der Waals surface area contributed by atoms with Crippen LogP contribution in [0.3, 0.4) is 0 Å². The number of nitrogens with one attached hydrogen (secondary N) is 1. The van der Waals surface area contributed by atoms with E-state index in [1.165, 1.54) is 18.2 Å². The summed E-state index contributed by atoms with van der Waals surface area (Å²) < 4.78 is 41.0. The molecule has 3 fully saturated rings. The maximum Gasteiger partial charge on any atom is 0.281 e. The average molecular weight is 575 g/mol. The lowest BCUT2D eigenvalue weighted by Crippen LogP contribution is -2.65. The van der Waals surface area contributed by atoms with Gasteiger partial charge < -0.3 is 15.1 Å². The first-order valence-electron chi connectivity index (χ1n) is 13.8. The van der Waals surface area contributed by atoms with Crippen LogP contribution in [0.2, 0.25) is 5.02 Å².